The molecule has 2 fully saturated rings. The van der Waals surface area contributed by atoms with Gasteiger partial charge in [-0.2, -0.15) is 0 Å². The minimum Gasteiger partial charge on any atom is -0.493 e. The molecular formula is C21H25NO9. The van der Waals surface area contributed by atoms with Gasteiger partial charge in [-0.25, -0.2) is 4.79 Å². The van der Waals surface area contributed by atoms with Crippen LogP contribution in [-0.4, -0.2) is 69.8 Å². The van der Waals surface area contributed by atoms with Crippen LogP contribution in [0.4, 0.5) is 0 Å². The summed E-state index contributed by atoms with van der Waals surface area (Å²) in [7, 11) is 6.43. The van der Waals surface area contributed by atoms with Crippen molar-refractivity contribution in [2.75, 3.05) is 35.5 Å². The number of benzene rings is 1. The van der Waals surface area contributed by atoms with E-state index in [-0.39, 0.29) is 18.7 Å². The van der Waals surface area contributed by atoms with Gasteiger partial charge in [0.05, 0.1) is 47.5 Å². The molecule has 0 N–H and O–H groups in total. The van der Waals surface area contributed by atoms with E-state index in [4.69, 9.17) is 23.7 Å². The van der Waals surface area contributed by atoms with E-state index < -0.39 is 41.3 Å². The Morgan fingerprint density at radius 3 is 2.13 bits per heavy atom. The number of ether oxygens (including phenoxy) is 5. The van der Waals surface area contributed by atoms with Gasteiger partial charge in [0.2, 0.25) is 5.91 Å². The number of hydrogen-bond donors (Lipinski definition) is 0. The third-order valence-corrected chi connectivity index (χ3v) is 6.13. The first-order valence-electron chi connectivity index (χ1n) is 9.60. The smallest absolute Gasteiger partial charge is 0.332 e. The van der Waals surface area contributed by atoms with Gasteiger partial charge in [-0.3, -0.25) is 14.4 Å². The molecule has 0 bridgehead atoms. The summed E-state index contributed by atoms with van der Waals surface area (Å²) >= 11 is 0. The summed E-state index contributed by atoms with van der Waals surface area (Å²) in [6.07, 6.45) is 0.0236. The molecule has 2 saturated heterocycles. The van der Waals surface area contributed by atoms with E-state index in [0.29, 0.717) is 17.1 Å². The Balaban J connectivity index is 2.30. The Hall–Kier alpha value is -3.30. The molecule has 1 aromatic carbocycles. The van der Waals surface area contributed by atoms with Gasteiger partial charge >= 0.3 is 17.9 Å². The van der Waals surface area contributed by atoms with Gasteiger partial charge in [0.15, 0.2) is 17.0 Å². The molecule has 1 aromatic rings. The summed E-state index contributed by atoms with van der Waals surface area (Å²) in [4.78, 5) is 53.1. The van der Waals surface area contributed by atoms with Gasteiger partial charge in [-0.1, -0.05) is 6.07 Å². The molecule has 2 aliphatic heterocycles. The van der Waals surface area contributed by atoms with Crippen LogP contribution < -0.4 is 9.47 Å². The van der Waals surface area contributed by atoms with Gasteiger partial charge in [0.1, 0.15) is 5.92 Å². The SMILES string of the molecule is COC(=O)[C@@H]1[C@H](c2ccc(OC)c(OC)c2)N2C(=O)CC[C@@]2(C(=O)OC)[C@H]1C(=O)OC. The van der Waals surface area contributed by atoms with Crippen LogP contribution in [-0.2, 0) is 33.4 Å². The first-order chi connectivity index (χ1) is 14.8. The van der Waals surface area contributed by atoms with Crippen molar-refractivity contribution in [1.29, 1.82) is 0 Å². The molecule has 10 heteroatoms. The number of fused-ring (bicyclic) bond motifs is 1. The third-order valence-electron chi connectivity index (χ3n) is 6.13. The first kappa shape index (κ1) is 22.4. The molecule has 2 heterocycles. The summed E-state index contributed by atoms with van der Waals surface area (Å²) in [6, 6.07) is 3.89. The van der Waals surface area contributed by atoms with Crippen molar-refractivity contribution in [3.05, 3.63) is 23.8 Å². The number of carbonyl (C=O) groups excluding carboxylic acids is 4. The van der Waals surface area contributed by atoms with Gasteiger partial charge in [0, 0.05) is 6.42 Å². The molecule has 3 rings (SSSR count). The number of methoxy groups -OCH3 is 5. The highest BCUT2D eigenvalue weighted by Crippen LogP contribution is 2.57. The van der Waals surface area contributed by atoms with Crippen LogP contribution in [0, 0.1) is 11.8 Å². The maximum atomic E-state index is 13.0. The van der Waals surface area contributed by atoms with E-state index in [9.17, 15) is 19.2 Å². The predicted octanol–water partition coefficient (Wildman–Crippen LogP) is 0.871. The number of amides is 1. The second-order valence-corrected chi connectivity index (χ2v) is 7.29. The summed E-state index contributed by atoms with van der Waals surface area (Å²) in [5.41, 5.74) is -1.21. The zero-order valence-electron chi connectivity index (χ0n) is 18.0. The van der Waals surface area contributed by atoms with E-state index in [1.54, 1.807) is 18.2 Å². The molecule has 0 saturated carbocycles. The fourth-order valence-electron chi connectivity index (χ4n) is 4.88. The van der Waals surface area contributed by atoms with E-state index >= 15 is 0 Å². The molecule has 10 nitrogen and oxygen atoms in total. The van der Waals surface area contributed by atoms with Crippen LogP contribution in [0.25, 0.3) is 0 Å². The van der Waals surface area contributed by atoms with Crippen molar-refractivity contribution in [3.8, 4) is 11.5 Å². The fraction of sp³-hybridized carbons (Fsp3) is 0.524. The lowest BCUT2D eigenvalue weighted by Gasteiger charge is -2.34. The third kappa shape index (κ3) is 3.17. The molecule has 4 atom stereocenters. The number of rotatable bonds is 6. The number of esters is 3. The highest BCUT2D eigenvalue weighted by Gasteiger charge is 2.72. The lowest BCUT2D eigenvalue weighted by atomic mass is 9.76. The van der Waals surface area contributed by atoms with Crippen LogP contribution in [0.1, 0.15) is 24.4 Å². The summed E-state index contributed by atoms with van der Waals surface area (Å²) in [5.74, 6) is -4.42. The van der Waals surface area contributed by atoms with Crippen LogP contribution >= 0.6 is 0 Å². The fourth-order valence-corrected chi connectivity index (χ4v) is 4.88. The molecular weight excluding hydrogens is 410 g/mol. The number of nitrogens with zero attached hydrogens (tertiary/aromatic N) is 1. The van der Waals surface area contributed by atoms with E-state index in [2.05, 4.69) is 0 Å². The molecule has 0 radical (unpaired) electrons. The van der Waals surface area contributed by atoms with E-state index in [1.165, 1.54) is 33.3 Å². The summed E-state index contributed by atoms with van der Waals surface area (Å²) in [5, 5.41) is 0. The first-order valence-corrected chi connectivity index (χ1v) is 9.60. The second-order valence-electron chi connectivity index (χ2n) is 7.29. The molecule has 0 unspecified atom stereocenters. The van der Waals surface area contributed by atoms with Crippen LogP contribution in [0.5, 0.6) is 11.5 Å². The highest BCUT2D eigenvalue weighted by atomic mass is 16.5. The molecule has 0 aromatic heterocycles. The van der Waals surface area contributed by atoms with Crippen LogP contribution in [0.3, 0.4) is 0 Å². The summed E-state index contributed by atoms with van der Waals surface area (Å²) < 4.78 is 25.6. The van der Waals surface area contributed by atoms with Gasteiger partial charge in [-0.05, 0) is 24.1 Å². The maximum absolute atomic E-state index is 13.0. The number of hydrogen-bond acceptors (Lipinski definition) is 9. The van der Waals surface area contributed by atoms with Crippen molar-refractivity contribution in [1.82, 2.24) is 4.90 Å². The minimum absolute atomic E-state index is 0.00948. The topological polar surface area (TPSA) is 118 Å². The molecule has 168 valence electrons. The molecule has 0 aliphatic carbocycles. The van der Waals surface area contributed by atoms with Crippen molar-refractivity contribution in [2.24, 2.45) is 11.8 Å². The minimum atomic E-state index is -1.68. The lowest BCUT2D eigenvalue weighted by molar-refractivity contribution is -0.167. The van der Waals surface area contributed by atoms with Crippen LogP contribution in [0.2, 0.25) is 0 Å². The average Bonchev–Trinajstić information content (AvgIpc) is 3.30. The van der Waals surface area contributed by atoms with Crippen molar-refractivity contribution in [2.45, 2.75) is 24.4 Å². The molecule has 2 aliphatic rings. The van der Waals surface area contributed by atoms with E-state index in [1.807, 2.05) is 0 Å². The Bertz CT molecular complexity index is 914. The Kier molecular flexibility index (Phi) is 6.10. The Morgan fingerprint density at radius 2 is 1.58 bits per heavy atom. The van der Waals surface area contributed by atoms with Gasteiger partial charge in [-0.15, -0.1) is 0 Å². The molecule has 1 amide bonds. The van der Waals surface area contributed by atoms with Crippen LogP contribution in [0.15, 0.2) is 18.2 Å². The molecule has 0 spiro atoms. The van der Waals surface area contributed by atoms with Gasteiger partial charge in [0.25, 0.3) is 0 Å². The summed E-state index contributed by atoms with van der Waals surface area (Å²) in [6.45, 7) is 0. The second kappa shape index (κ2) is 8.44. The Morgan fingerprint density at radius 1 is 0.935 bits per heavy atom. The normalized spacial score (nSPS) is 26.8. The molecule has 31 heavy (non-hydrogen) atoms. The average molecular weight is 435 g/mol. The monoisotopic (exact) mass is 435 g/mol. The van der Waals surface area contributed by atoms with Crippen molar-refractivity contribution < 1.29 is 42.9 Å². The quantitative estimate of drug-likeness (QED) is 0.474. The van der Waals surface area contributed by atoms with Crippen molar-refractivity contribution in [3.63, 3.8) is 0 Å². The Labute approximate surface area is 179 Å². The van der Waals surface area contributed by atoms with Gasteiger partial charge < -0.3 is 28.6 Å². The van der Waals surface area contributed by atoms with E-state index in [0.717, 1.165) is 7.11 Å². The zero-order valence-corrected chi connectivity index (χ0v) is 18.0. The largest absolute Gasteiger partial charge is 0.493 e. The standard InChI is InChI=1S/C21H25NO9/c1-27-12-7-6-11(10-13(12)28-2)17-15(18(24)29-3)16(19(25)30-4)21(20(26)31-5)9-8-14(23)22(17)21/h6-7,10,15-17H,8-9H2,1-5H3/t15-,16+,17-,21-/m0/s1. The predicted molar refractivity (Wildman–Crippen MR) is 104 cm³/mol. The highest BCUT2D eigenvalue weighted by molar-refractivity contribution is 6.00. The lowest BCUT2D eigenvalue weighted by Crippen LogP contribution is -2.55. The van der Waals surface area contributed by atoms with Crippen molar-refractivity contribution >= 4 is 23.8 Å². The number of carbonyl (C=O) groups is 4. The maximum Gasteiger partial charge on any atom is 0.332 e. The zero-order chi connectivity index (χ0) is 22.9.